The Labute approximate surface area is 238 Å². The minimum atomic E-state index is -0.493. The van der Waals surface area contributed by atoms with E-state index >= 15 is 0 Å². The number of ether oxygens (including phenoxy) is 1. The Morgan fingerprint density at radius 1 is 0.821 bits per heavy atom. The first-order valence-corrected chi connectivity index (χ1v) is 16.1. The highest BCUT2D eigenvalue weighted by Crippen LogP contribution is 2.77. The predicted octanol–water partition coefficient (Wildman–Crippen LogP) is 6.27. The van der Waals surface area contributed by atoms with Crippen LogP contribution in [-0.2, 0) is 14.3 Å². The second-order valence-electron chi connectivity index (χ2n) is 17.1. The number of likely N-dealkylation sites (N-methyl/N-ethyl adjacent to an activating group) is 1. The Morgan fingerprint density at radius 2 is 1.51 bits per heavy atom. The molecule has 39 heavy (non-hydrogen) atoms. The minimum Gasteiger partial charge on any atom is -0.459 e. The maximum atomic E-state index is 14.0. The third-order valence-corrected chi connectivity index (χ3v) is 14.3. The van der Waals surface area contributed by atoms with Crippen LogP contribution in [0.2, 0.25) is 0 Å². The molecule has 0 spiro atoms. The van der Waals surface area contributed by atoms with Gasteiger partial charge in [0.1, 0.15) is 18.9 Å². The third kappa shape index (κ3) is 4.13. The first kappa shape index (κ1) is 29.5. The Balaban J connectivity index is 1.48. The Bertz CT molecular complexity index is 1000. The normalized spacial score (nSPS) is 48.8. The lowest BCUT2D eigenvalue weighted by Gasteiger charge is -2.72. The topological polar surface area (TPSA) is 63.6 Å². The van der Waals surface area contributed by atoms with Gasteiger partial charge in [-0.05, 0) is 116 Å². The molecule has 5 heteroatoms. The molecular formula is C34H58NO4+. The van der Waals surface area contributed by atoms with E-state index in [1.165, 1.54) is 19.3 Å². The van der Waals surface area contributed by atoms with Gasteiger partial charge in [-0.25, -0.2) is 0 Å². The number of rotatable bonds is 5. The zero-order valence-electron chi connectivity index (χ0n) is 26.6. The van der Waals surface area contributed by atoms with Gasteiger partial charge >= 0.3 is 5.97 Å². The smallest absolute Gasteiger partial charge is 0.312 e. The first-order valence-electron chi connectivity index (χ1n) is 16.1. The molecule has 0 radical (unpaired) electrons. The molecule has 0 amide bonds. The van der Waals surface area contributed by atoms with Gasteiger partial charge in [-0.1, -0.05) is 34.6 Å². The molecule has 0 bridgehead atoms. The van der Waals surface area contributed by atoms with Crippen LogP contribution in [0, 0.1) is 56.7 Å². The summed E-state index contributed by atoms with van der Waals surface area (Å²) >= 11 is 0. The monoisotopic (exact) mass is 544 g/mol. The molecule has 10 atom stereocenters. The molecule has 5 aliphatic carbocycles. The number of aliphatic hydroxyl groups is 1. The van der Waals surface area contributed by atoms with Crippen LogP contribution in [0.5, 0.6) is 0 Å². The molecule has 5 nitrogen and oxygen atoms in total. The van der Waals surface area contributed by atoms with Crippen molar-refractivity contribution in [2.24, 2.45) is 56.7 Å². The van der Waals surface area contributed by atoms with E-state index in [0.717, 1.165) is 56.0 Å². The molecule has 5 rings (SSSR count). The molecule has 5 saturated carbocycles. The standard InChI is InChI=1S/C34H58NO4/c1-22(36)23-12-17-34(29(38)39-21-20-35(7,8)9)19-18-32(5)24(28(23)34)10-11-26-31(4)15-14-27(37)30(2,3)25(31)13-16-33(26,32)6/h23-28,37H,10-21H2,1-9H3/q+1/t23-,24+,25-,26+,27-,28+,31-,32+,33+,34-/m0/s1. The van der Waals surface area contributed by atoms with Crippen LogP contribution in [0.3, 0.4) is 0 Å². The number of ketones is 1. The number of Topliss-reactive ketones (excluding diaryl/α,β-unsaturated/α-hetero) is 1. The van der Waals surface area contributed by atoms with Gasteiger partial charge in [0.15, 0.2) is 0 Å². The highest BCUT2D eigenvalue weighted by atomic mass is 16.5. The number of esters is 1. The van der Waals surface area contributed by atoms with E-state index in [1.54, 1.807) is 6.92 Å². The molecule has 0 aliphatic heterocycles. The fourth-order valence-electron chi connectivity index (χ4n) is 11.9. The number of quaternary nitrogens is 1. The van der Waals surface area contributed by atoms with Crippen molar-refractivity contribution < 1.29 is 23.9 Å². The molecule has 0 aromatic heterocycles. The molecule has 5 fully saturated rings. The van der Waals surface area contributed by atoms with Gasteiger partial charge in [0, 0.05) is 5.92 Å². The molecule has 222 valence electrons. The highest BCUT2D eigenvalue weighted by molar-refractivity contribution is 5.84. The van der Waals surface area contributed by atoms with E-state index in [0.29, 0.717) is 24.4 Å². The third-order valence-electron chi connectivity index (χ3n) is 14.3. The minimum absolute atomic E-state index is 0.0160. The second-order valence-corrected chi connectivity index (χ2v) is 17.1. The first-order chi connectivity index (χ1) is 17.9. The Hall–Kier alpha value is -0.940. The summed E-state index contributed by atoms with van der Waals surface area (Å²) in [7, 11) is 6.39. The Morgan fingerprint density at radius 3 is 2.15 bits per heavy atom. The fourth-order valence-corrected chi connectivity index (χ4v) is 11.9. The summed E-state index contributed by atoms with van der Waals surface area (Å²) in [6, 6.07) is 0. The number of nitrogens with zero attached hydrogens (tertiary/aromatic N) is 1. The average Bonchev–Trinajstić information content (AvgIpc) is 3.23. The van der Waals surface area contributed by atoms with E-state index in [4.69, 9.17) is 4.74 Å². The average molecular weight is 545 g/mol. The van der Waals surface area contributed by atoms with Crippen molar-refractivity contribution in [3.8, 4) is 0 Å². The molecule has 0 saturated heterocycles. The SMILES string of the molecule is CC(=O)[C@@H]1CC[C@]2(C(=O)OCC[N+](C)(C)C)CC[C@]3(C)[C@H](CC[C@@H]4[C@@]5(C)CC[C@H](O)C(C)(C)[C@@H]5CC[C@]43C)[C@@H]12. The fraction of sp³-hybridized carbons (Fsp3) is 0.941. The van der Waals surface area contributed by atoms with Gasteiger partial charge in [-0.2, -0.15) is 0 Å². The number of carbonyl (C=O) groups excluding carboxylic acids is 2. The summed E-state index contributed by atoms with van der Waals surface area (Å²) in [6.07, 6.45) is 10.1. The number of hydrogen-bond donors (Lipinski definition) is 1. The van der Waals surface area contributed by atoms with Crippen LogP contribution in [0.1, 0.15) is 106 Å². The lowest BCUT2D eigenvalue weighted by molar-refractivity contribution is -0.870. The predicted molar refractivity (Wildman–Crippen MR) is 155 cm³/mol. The van der Waals surface area contributed by atoms with E-state index in [1.807, 2.05) is 0 Å². The molecule has 0 aromatic carbocycles. The molecule has 0 heterocycles. The summed E-state index contributed by atoms with van der Waals surface area (Å²) in [5, 5.41) is 11.0. The van der Waals surface area contributed by atoms with Gasteiger partial charge in [-0.3, -0.25) is 9.59 Å². The van der Waals surface area contributed by atoms with Crippen molar-refractivity contribution >= 4 is 11.8 Å². The summed E-state index contributed by atoms with van der Waals surface area (Å²) in [5.74, 6) is 1.90. The van der Waals surface area contributed by atoms with Crippen molar-refractivity contribution in [3.05, 3.63) is 0 Å². The zero-order chi connectivity index (χ0) is 28.8. The highest BCUT2D eigenvalue weighted by Gasteiger charge is 2.72. The number of aliphatic hydroxyl groups excluding tert-OH is 1. The Kier molecular flexibility index (Phi) is 7.03. The lowest BCUT2D eigenvalue weighted by atomic mass is 9.32. The van der Waals surface area contributed by atoms with Crippen molar-refractivity contribution in [1.82, 2.24) is 0 Å². The van der Waals surface area contributed by atoms with Crippen molar-refractivity contribution in [3.63, 3.8) is 0 Å². The van der Waals surface area contributed by atoms with E-state index in [9.17, 15) is 14.7 Å². The number of carbonyl (C=O) groups is 2. The van der Waals surface area contributed by atoms with Crippen LogP contribution >= 0.6 is 0 Å². The maximum absolute atomic E-state index is 14.0. The maximum Gasteiger partial charge on any atom is 0.312 e. The van der Waals surface area contributed by atoms with Crippen LogP contribution < -0.4 is 0 Å². The van der Waals surface area contributed by atoms with Crippen LogP contribution in [0.15, 0.2) is 0 Å². The molecule has 1 N–H and O–H groups in total. The number of hydrogen-bond acceptors (Lipinski definition) is 4. The summed E-state index contributed by atoms with van der Waals surface area (Å²) in [4.78, 5) is 27.1. The zero-order valence-corrected chi connectivity index (χ0v) is 26.6. The number of fused-ring (bicyclic) bond motifs is 7. The molecule has 0 unspecified atom stereocenters. The van der Waals surface area contributed by atoms with Crippen LogP contribution in [0.25, 0.3) is 0 Å². The molecular weight excluding hydrogens is 486 g/mol. The van der Waals surface area contributed by atoms with Crippen molar-refractivity contribution in [2.45, 2.75) is 112 Å². The van der Waals surface area contributed by atoms with E-state index in [-0.39, 0.29) is 51.4 Å². The van der Waals surface area contributed by atoms with Crippen molar-refractivity contribution in [2.75, 3.05) is 34.3 Å². The van der Waals surface area contributed by atoms with Gasteiger partial charge < -0.3 is 14.3 Å². The summed E-state index contributed by atoms with van der Waals surface area (Å²) in [6.45, 7) is 15.3. The quantitative estimate of drug-likeness (QED) is 0.327. The van der Waals surface area contributed by atoms with E-state index in [2.05, 4.69) is 55.8 Å². The second kappa shape index (κ2) is 9.28. The van der Waals surface area contributed by atoms with E-state index < -0.39 is 5.41 Å². The van der Waals surface area contributed by atoms with Gasteiger partial charge in [0.2, 0.25) is 0 Å². The molecule has 0 aromatic rings. The van der Waals surface area contributed by atoms with Crippen LogP contribution in [0.4, 0.5) is 0 Å². The lowest BCUT2D eigenvalue weighted by Crippen LogP contribution is -2.67. The largest absolute Gasteiger partial charge is 0.459 e. The van der Waals surface area contributed by atoms with Gasteiger partial charge in [0.05, 0.1) is 32.7 Å². The van der Waals surface area contributed by atoms with Gasteiger partial charge in [-0.15, -0.1) is 0 Å². The summed E-state index contributed by atoms with van der Waals surface area (Å²) < 4.78 is 6.84. The molecule has 5 aliphatic rings. The van der Waals surface area contributed by atoms with Crippen LogP contribution in [-0.4, -0.2) is 61.7 Å². The summed E-state index contributed by atoms with van der Waals surface area (Å²) in [5.41, 5.74) is -0.0126. The van der Waals surface area contributed by atoms with Gasteiger partial charge in [0.25, 0.3) is 0 Å². The van der Waals surface area contributed by atoms with Crippen molar-refractivity contribution in [1.29, 1.82) is 0 Å².